The molecule has 0 fully saturated rings. The molecule has 176 valence electrons. The number of nitrogens with zero attached hydrogens (tertiary/aromatic N) is 1. The number of amides is 1. The number of ether oxygens (including phenoxy) is 1. The quantitative estimate of drug-likeness (QED) is 0.326. The lowest BCUT2D eigenvalue weighted by molar-refractivity contribution is -0.121. The minimum absolute atomic E-state index is 0.127. The molecule has 1 aromatic heterocycles. The van der Waals surface area contributed by atoms with E-state index in [2.05, 4.69) is 59.4 Å². The number of aryl methyl sites for hydroxylation is 2. The monoisotopic (exact) mass is 458 g/mol. The summed E-state index contributed by atoms with van der Waals surface area (Å²) in [4.78, 5) is 12.8. The van der Waals surface area contributed by atoms with Crippen molar-refractivity contribution in [2.45, 2.75) is 32.7 Å². The van der Waals surface area contributed by atoms with Gasteiger partial charge in [-0.3, -0.25) is 4.79 Å². The molecule has 0 radical (unpaired) electrons. The number of carbonyl (C=O) groups is 1. The van der Waals surface area contributed by atoms with Gasteiger partial charge in [0.05, 0.1) is 6.61 Å². The maximum absolute atomic E-state index is 15.1. The predicted octanol–water partition coefficient (Wildman–Crippen LogP) is 5.73. The third-order valence-electron chi connectivity index (χ3n) is 6.21. The maximum atomic E-state index is 15.1. The van der Waals surface area contributed by atoms with Crippen LogP contribution in [-0.2, 0) is 16.1 Å². The zero-order chi connectivity index (χ0) is 24.1. The van der Waals surface area contributed by atoms with Crippen LogP contribution in [0.5, 0.6) is 0 Å². The number of aromatic nitrogens is 1. The molecule has 3 aromatic carbocycles. The highest BCUT2D eigenvalue weighted by molar-refractivity contribution is 5.87. The van der Waals surface area contributed by atoms with E-state index in [9.17, 15) is 4.79 Å². The summed E-state index contributed by atoms with van der Waals surface area (Å²) in [6.07, 6.45) is 2.24. The molecule has 1 heterocycles. The second kappa shape index (κ2) is 10.7. The Morgan fingerprint density at radius 3 is 2.50 bits per heavy atom. The molecule has 4 nitrogen and oxygen atoms in total. The summed E-state index contributed by atoms with van der Waals surface area (Å²) in [5.74, 6) is -0.833. The molecule has 4 aromatic rings. The Balaban J connectivity index is 1.78. The number of nitrogens with one attached hydrogen (secondary N) is 1. The van der Waals surface area contributed by atoms with Gasteiger partial charge in [0.1, 0.15) is 5.82 Å². The smallest absolute Gasteiger partial charge is 0.221 e. The third kappa shape index (κ3) is 5.37. The van der Waals surface area contributed by atoms with Crippen molar-refractivity contribution < 1.29 is 13.9 Å². The minimum Gasteiger partial charge on any atom is -0.383 e. The van der Waals surface area contributed by atoms with Crippen LogP contribution in [0.25, 0.3) is 10.9 Å². The van der Waals surface area contributed by atoms with Crippen LogP contribution in [-0.4, -0.2) is 30.7 Å². The Morgan fingerprint density at radius 2 is 1.74 bits per heavy atom. The fourth-order valence-electron chi connectivity index (χ4n) is 4.44. The van der Waals surface area contributed by atoms with Gasteiger partial charge in [0.25, 0.3) is 0 Å². The normalized spacial score (nSPS) is 12.1. The summed E-state index contributed by atoms with van der Waals surface area (Å²) in [5, 5.41) is 3.93. The second-order valence-electron chi connectivity index (χ2n) is 8.84. The van der Waals surface area contributed by atoms with E-state index < -0.39 is 5.92 Å². The molecule has 0 unspecified atom stereocenters. The Kier molecular flexibility index (Phi) is 7.43. The van der Waals surface area contributed by atoms with E-state index in [-0.39, 0.29) is 18.1 Å². The average molecular weight is 459 g/mol. The number of fused-ring (bicyclic) bond motifs is 1. The maximum Gasteiger partial charge on any atom is 0.221 e. The molecule has 4 rings (SSSR count). The Hall–Kier alpha value is -3.44. The lowest BCUT2D eigenvalue weighted by atomic mass is 9.87. The summed E-state index contributed by atoms with van der Waals surface area (Å²) in [7, 11) is 1.60. The van der Waals surface area contributed by atoms with E-state index in [4.69, 9.17) is 4.74 Å². The molecular weight excluding hydrogens is 427 g/mol. The van der Waals surface area contributed by atoms with Crippen molar-refractivity contribution in [1.82, 2.24) is 9.88 Å². The van der Waals surface area contributed by atoms with E-state index in [1.165, 1.54) is 17.2 Å². The van der Waals surface area contributed by atoms with Crippen molar-refractivity contribution >= 4 is 16.8 Å². The summed E-state index contributed by atoms with van der Waals surface area (Å²) in [5.41, 5.74) is 5.93. The van der Waals surface area contributed by atoms with E-state index in [0.29, 0.717) is 25.3 Å². The highest BCUT2D eigenvalue weighted by atomic mass is 19.1. The summed E-state index contributed by atoms with van der Waals surface area (Å²) in [6, 6.07) is 21.7. The van der Waals surface area contributed by atoms with Gasteiger partial charge in [-0.1, -0.05) is 65.7 Å². The largest absolute Gasteiger partial charge is 0.383 e. The van der Waals surface area contributed by atoms with Crippen LogP contribution in [0, 0.1) is 19.7 Å². The highest BCUT2D eigenvalue weighted by Crippen LogP contribution is 2.36. The van der Waals surface area contributed by atoms with Crippen LogP contribution in [0.1, 0.15) is 40.2 Å². The van der Waals surface area contributed by atoms with Gasteiger partial charge in [0.15, 0.2) is 0 Å². The van der Waals surface area contributed by atoms with Crippen molar-refractivity contribution in [2.24, 2.45) is 0 Å². The zero-order valence-corrected chi connectivity index (χ0v) is 20.0. The summed E-state index contributed by atoms with van der Waals surface area (Å²) >= 11 is 0. The van der Waals surface area contributed by atoms with Crippen molar-refractivity contribution in [3.8, 4) is 0 Å². The van der Waals surface area contributed by atoms with Crippen molar-refractivity contribution in [1.29, 1.82) is 0 Å². The van der Waals surface area contributed by atoms with Gasteiger partial charge in [0, 0.05) is 49.6 Å². The number of halogens is 1. The Morgan fingerprint density at radius 1 is 1.00 bits per heavy atom. The van der Waals surface area contributed by atoms with Crippen LogP contribution in [0.2, 0.25) is 0 Å². The van der Waals surface area contributed by atoms with Gasteiger partial charge in [0.2, 0.25) is 5.91 Å². The van der Waals surface area contributed by atoms with Crippen LogP contribution in [0.4, 0.5) is 4.39 Å². The zero-order valence-electron chi connectivity index (χ0n) is 20.0. The number of methoxy groups -OCH3 is 1. The van der Waals surface area contributed by atoms with E-state index in [1.54, 1.807) is 13.2 Å². The van der Waals surface area contributed by atoms with E-state index in [1.807, 2.05) is 25.1 Å². The van der Waals surface area contributed by atoms with Gasteiger partial charge < -0.3 is 14.6 Å². The number of carbonyl (C=O) groups excluding carboxylic acids is 1. The SMILES string of the molecule is COCCNC(=O)C[C@H](c1cc(C)ccc1F)c1cn(Cc2ccc(C)cc2)c2ccccc12. The van der Waals surface area contributed by atoms with Gasteiger partial charge >= 0.3 is 0 Å². The fraction of sp³-hybridized carbons (Fsp3) is 0.276. The van der Waals surface area contributed by atoms with Crippen LogP contribution >= 0.6 is 0 Å². The van der Waals surface area contributed by atoms with E-state index >= 15 is 4.39 Å². The molecule has 1 atom stereocenters. The number of hydrogen-bond acceptors (Lipinski definition) is 2. The van der Waals surface area contributed by atoms with Crippen molar-refractivity contribution in [3.05, 3.63) is 107 Å². The molecule has 0 aliphatic heterocycles. The molecule has 0 saturated carbocycles. The molecule has 0 aliphatic carbocycles. The minimum atomic E-state index is -0.411. The summed E-state index contributed by atoms with van der Waals surface area (Å²) < 4.78 is 22.3. The molecule has 0 aliphatic rings. The first-order chi connectivity index (χ1) is 16.5. The van der Waals surface area contributed by atoms with Gasteiger partial charge in [-0.05, 0) is 42.7 Å². The van der Waals surface area contributed by atoms with Crippen LogP contribution in [0.3, 0.4) is 0 Å². The van der Waals surface area contributed by atoms with Crippen LogP contribution < -0.4 is 5.32 Å². The molecule has 1 amide bonds. The average Bonchev–Trinajstić information content (AvgIpc) is 3.19. The molecular formula is C29H31FN2O2. The Bertz CT molecular complexity index is 1280. The highest BCUT2D eigenvalue weighted by Gasteiger charge is 2.25. The molecule has 5 heteroatoms. The van der Waals surface area contributed by atoms with Gasteiger partial charge in [-0.15, -0.1) is 0 Å². The topological polar surface area (TPSA) is 43.3 Å². The van der Waals surface area contributed by atoms with Gasteiger partial charge in [-0.2, -0.15) is 0 Å². The summed E-state index contributed by atoms with van der Waals surface area (Å²) in [6.45, 7) is 5.58. The molecule has 1 N–H and O–H groups in total. The van der Waals surface area contributed by atoms with Gasteiger partial charge in [-0.25, -0.2) is 4.39 Å². The third-order valence-corrected chi connectivity index (χ3v) is 6.21. The number of benzene rings is 3. The van der Waals surface area contributed by atoms with Crippen molar-refractivity contribution in [2.75, 3.05) is 20.3 Å². The lowest BCUT2D eigenvalue weighted by Crippen LogP contribution is -2.28. The second-order valence-corrected chi connectivity index (χ2v) is 8.84. The fourth-order valence-corrected chi connectivity index (χ4v) is 4.44. The lowest BCUT2D eigenvalue weighted by Gasteiger charge is -2.18. The van der Waals surface area contributed by atoms with E-state index in [0.717, 1.165) is 22.0 Å². The standard InChI is InChI=1S/C29H31FN2O2/c1-20-8-11-22(12-9-20)18-32-19-26(23-6-4-5-7-28(23)32)24(17-29(33)31-14-15-34-3)25-16-21(2)10-13-27(25)30/h4-13,16,19,24H,14-15,17-18H2,1-3H3,(H,31,33)/t24-/m1/s1. The first kappa shape index (κ1) is 23.7. The molecule has 34 heavy (non-hydrogen) atoms. The molecule has 0 bridgehead atoms. The van der Waals surface area contributed by atoms with Crippen molar-refractivity contribution in [3.63, 3.8) is 0 Å². The van der Waals surface area contributed by atoms with Crippen LogP contribution in [0.15, 0.2) is 72.9 Å². The first-order valence-electron chi connectivity index (χ1n) is 11.6. The molecule has 0 spiro atoms. The molecule has 0 saturated heterocycles. The number of rotatable bonds is 9. The number of para-hydroxylation sites is 1. The first-order valence-corrected chi connectivity index (χ1v) is 11.6. The predicted molar refractivity (Wildman–Crippen MR) is 135 cm³/mol. The Labute approximate surface area is 200 Å². The number of hydrogen-bond donors (Lipinski definition) is 1.